The lowest BCUT2D eigenvalue weighted by atomic mass is 9.85. The number of hydrogen-bond donors (Lipinski definition) is 1. The maximum Gasteiger partial charge on any atom is 0.234 e. The second kappa shape index (κ2) is 8.86. The van der Waals surface area contributed by atoms with Crippen molar-refractivity contribution >= 4 is 5.91 Å². The molecule has 1 aromatic heterocycles. The van der Waals surface area contributed by atoms with Crippen LogP contribution in [0.2, 0.25) is 0 Å². The van der Waals surface area contributed by atoms with Crippen LogP contribution in [0.15, 0.2) is 30.6 Å². The summed E-state index contributed by atoms with van der Waals surface area (Å²) in [7, 11) is 1.59. The molecule has 1 N–H and O–H groups in total. The number of methoxy groups -OCH3 is 1. The van der Waals surface area contributed by atoms with Crippen molar-refractivity contribution in [3.8, 4) is 5.88 Å². The number of fused-ring (bicyclic) bond motifs is 1. The van der Waals surface area contributed by atoms with E-state index < -0.39 is 0 Å². The van der Waals surface area contributed by atoms with Gasteiger partial charge in [-0.3, -0.25) is 9.69 Å². The molecule has 0 fully saturated rings. The molecule has 7 heteroatoms. The largest absolute Gasteiger partial charge is 0.481 e. The molecule has 2 aromatic rings. The minimum atomic E-state index is -0.280. The molecule has 2 heterocycles. The summed E-state index contributed by atoms with van der Waals surface area (Å²) in [6.07, 6.45) is 3.03. The van der Waals surface area contributed by atoms with Crippen molar-refractivity contribution in [2.24, 2.45) is 5.41 Å². The fraction of sp³-hybridized carbons (Fsp3) is 0.500. The maximum absolute atomic E-state index is 13.3. The van der Waals surface area contributed by atoms with Crippen molar-refractivity contribution in [1.29, 1.82) is 0 Å². The molecular formula is C22H29FN4O2. The lowest BCUT2D eigenvalue weighted by molar-refractivity contribution is -0.123. The third-order valence-corrected chi connectivity index (χ3v) is 5.03. The van der Waals surface area contributed by atoms with Crippen LogP contribution in [-0.2, 0) is 17.8 Å². The summed E-state index contributed by atoms with van der Waals surface area (Å²) in [5.41, 5.74) is 2.85. The molecule has 29 heavy (non-hydrogen) atoms. The van der Waals surface area contributed by atoms with Crippen LogP contribution in [0.4, 0.5) is 4.39 Å². The van der Waals surface area contributed by atoms with Crippen molar-refractivity contribution in [3.05, 3.63) is 53.2 Å². The molecule has 0 bridgehead atoms. The number of carbonyl (C=O) groups excluding carboxylic acids is 1. The first-order valence-corrected chi connectivity index (χ1v) is 9.89. The number of ether oxygens (including phenoxy) is 1. The number of aromatic nitrogens is 2. The molecule has 0 radical (unpaired) electrons. The smallest absolute Gasteiger partial charge is 0.234 e. The van der Waals surface area contributed by atoms with Crippen LogP contribution in [0.25, 0.3) is 0 Å². The summed E-state index contributed by atoms with van der Waals surface area (Å²) < 4.78 is 18.7. The topological polar surface area (TPSA) is 67.4 Å². The van der Waals surface area contributed by atoms with Crippen LogP contribution in [0, 0.1) is 11.2 Å². The van der Waals surface area contributed by atoms with Crippen molar-refractivity contribution in [1.82, 2.24) is 20.2 Å². The van der Waals surface area contributed by atoms with Crippen LogP contribution in [0.3, 0.4) is 0 Å². The first-order chi connectivity index (χ1) is 13.7. The first-order valence-electron chi connectivity index (χ1n) is 9.89. The molecule has 1 aromatic carbocycles. The van der Waals surface area contributed by atoms with Crippen molar-refractivity contribution in [3.63, 3.8) is 0 Å². The summed E-state index contributed by atoms with van der Waals surface area (Å²) in [6, 6.07) is 6.19. The zero-order chi connectivity index (χ0) is 21.0. The Labute approximate surface area is 171 Å². The highest BCUT2D eigenvalue weighted by Crippen LogP contribution is 2.30. The summed E-state index contributed by atoms with van der Waals surface area (Å²) >= 11 is 0. The monoisotopic (exact) mass is 400 g/mol. The fourth-order valence-electron chi connectivity index (χ4n) is 3.68. The van der Waals surface area contributed by atoms with Gasteiger partial charge in [-0.1, -0.05) is 32.9 Å². The van der Waals surface area contributed by atoms with E-state index in [-0.39, 0.29) is 29.7 Å². The van der Waals surface area contributed by atoms with E-state index in [2.05, 4.69) is 41.0 Å². The van der Waals surface area contributed by atoms with Gasteiger partial charge in [-0.25, -0.2) is 14.4 Å². The van der Waals surface area contributed by atoms with Crippen LogP contribution >= 0.6 is 0 Å². The second-order valence-electron chi connectivity index (χ2n) is 8.71. The maximum atomic E-state index is 13.3. The zero-order valence-corrected chi connectivity index (χ0v) is 17.5. The number of rotatable bonds is 6. The summed E-state index contributed by atoms with van der Waals surface area (Å²) in [5.74, 6) is 0.234. The quantitative estimate of drug-likeness (QED) is 0.806. The first kappa shape index (κ1) is 21.2. The lowest BCUT2D eigenvalue weighted by Crippen LogP contribution is -2.42. The Morgan fingerprint density at radius 3 is 2.66 bits per heavy atom. The van der Waals surface area contributed by atoms with Crippen molar-refractivity contribution in [2.75, 3.05) is 20.2 Å². The van der Waals surface area contributed by atoms with Gasteiger partial charge in [0.05, 0.1) is 25.4 Å². The predicted octanol–water partition coefficient (Wildman–Crippen LogP) is 3.28. The molecule has 0 spiro atoms. The molecule has 156 valence electrons. The van der Waals surface area contributed by atoms with Crippen LogP contribution < -0.4 is 10.1 Å². The molecular weight excluding hydrogens is 371 g/mol. The Morgan fingerprint density at radius 2 is 2.00 bits per heavy atom. The molecule has 0 saturated carbocycles. The van der Waals surface area contributed by atoms with Crippen LogP contribution in [-0.4, -0.2) is 41.0 Å². The average molecular weight is 400 g/mol. The number of halogens is 1. The van der Waals surface area contributed by atoms with E-state index in [0.29, 0.717) is 12.4 Å². The van der Waals surface area contributed by atoms with Crippen LogP contribution in [0.1, 0.15) is 50.1 Å². The van der Waals surface area contributed by atoms with Crippen molar-refractivity contribution < 1.29 is 13.9 Å². The summed E-state index contributed by atoms with van der Waals surface area (Å²) in [5, 5.41) is 3.14. The zero-order valence-electron chi connectivity index (χ0n) is 17.5. The highest BCUT2D eigenvalue weighted by atomic mass is 19.1. The summed E-state index contributed by atoms with van der Waals surface area (Å²) in [4.78, 5) is 23.4. The van der Waals surface area contributed by atoms with Gasteiger partial charge in [0, 0.05) is 25.1 Å². The Balaban J connectivity index is 1.68. The van der Waals surface area contributed by atoms with Gasteiger partial charge >= 0.3 is 0 Å². The Kier molecular flexibility index (Phi) is 6.47. The van der Waals surface area contributed by atoms with E-state index in [0.717, 1.165) is 36.2 Å². The Morgan fingerprint density at radius 1 is 1.28 bits per heavy atom. The minimum Gasteiger partial charge on any atom is -0.481 e. The van der Waals surface area contributed by atoms with Gasteiger partial charge in [-0.05, 0) is 29.5 Å². The summed E-state index contributed by atoms with van der Waals surface area (Å²) in [6.45, 7) is 7.99. The van der Waals surface area contributed by atoms with E-state index in [4.69, 9.17) is 4.74 Å². The van der Waals surface area contributed by atoms with E-state index in [1.54, 1.807) is 19.2 Å². The molecule has 0 saturated heterocycles. The Bertz CT molecular complexity index is 835. The normalized spacial score (nSPS) is 15.5. The molecule has 1 unspecified atom stereocenters. The number of carbonyl (C=O) groups is 1. The highest BCUT2D eigenvalue weighted by molar-refractivity contribution is 5.78. The van der Waals surface area contributed by atoms with Gasteiger partial charge in [0.2, 0.25) is 11.8 Å². The predicted molar refractivity (Wildman–Crippen MR) is 109 cm³/mol. The van der Waals surface area contributed by atoms with Crippen molar-refractivity contribution in [2.45, 2.75) is 46.2 Å². The van der Waals surface area contributed by atoms with Gasteiger partial charge in [0.1, 0.15) is 12.1 Å². The average Bonchev–Trinajstić information content (AvgIpc) is 2.66. The van der Waals surface area contributed by atoms with Gasteiger partial charge < -0.3 is 10.1 Å². The van der Waals surface area contributed by atoms with E-state index in [9.17, 15) is 9.18 Å². The Hall–Kier alpha value is -2.54. The van der Waals surface area contributed by atoms with Gasteiger partial charge in [0.15, 0.2) is 0 Å². The number of amides is 1. The number of hydrogen-bond acceptors (Lipinski definition) is 5. The second-order valence-corrected chi connectivity index (χ2v) is 8.71. The highest BCUT2D eigenvalue weighted by Gasteiger charge is 2.26. The fourth-order valence-corrected chi connectivity index (χ4v) is 3.68. The molecule has 1 aliphatic heterocycles. The molecule has 3 rings (SSSR count). The number of nitrogens with zero attached hydrogens (tertiary/aromatic N) is 3. The van der Waals surface area contributed by atoms with Gasteiger partial charge in [0.25, 0.3) is 0 Å². The third kappa shape index (κ3) is 5.73. The molecule has 0 aliphatic carbocycles. The number of benzene rings is 1. The SMILES string of the molecule is COc1ncnc2c1CN(CC(=O)NC(CC(C)(C)C)c1ccc(F)cc1)CC2. The van der Waals surface area contributed by atoms with E-state index in [1.807, 2.05) is 0 Å². The molecule has 1 atom stereocenters. The molecule has 1 aliphatic rings. The third-order valence-electron chi connectivity index (χ3n) is 5.03. The minimum absolute atomic E-state index is 0.0150. The van der Waals surface area contributed by atoms with Gasteiger partial charge in [-0.15, -0.1) is 0 Å². The van der Waals surface area contributed by atoms with E-state index >= 15 is 0 Å². The van der Waals surface area contributed by atoms with Gasteiger partial charge in [-0.2, -0.15) is 0 Å². The molecule has 1 amide bonds. The van der Waals surface area contributed by atoms with E-state index in [1.165, 1.54) is 18.5 Å². The van der Waals surface area contributed by atoms with Crippen LogP contribution in [0.5, 0.6) is 5.88 Å². The lowest BCUT2D eigenvalue weighted by Gasteiger charge is -2.30. The molecule has 6 nitrogen and oxygen atoms in total. The standard InChI is InChI=1S/C22H29FN4O2/c1-22(2,3)11-19(15-5-7-16(23)8-6-15)26-20(28)13-27-10-9-18-17(12-27)21(29-4)25-14-24-18/h5-8,14,19H,9-13H2,1-4H3,(H,26,28). The number of nitrogens with one attached hydrogen (secondary N) is 1.